The maximum absolute atomic E-state index is 10.5. The molecule has 0 aliphatic carbocycles. The van der Waals surface area contributed by atoms with E-state index in [-0.39, 0.29) is 10.3 Å². The van der Waals surface area contributed by atoms with Crippen molar-refractivity contribution in [3.8, 4) is 16.9 Å². The van der Waals surface area contributed by atoms with Gasteiger partial charge in [-0.2, -0.15) is 0 Å². The molecule has 2 heteroatoms. The molecule has 0 fully saturated rings. The fourth-order valence-corrected chi connectivity index (χ4v) is 9.06. The van der Waals surface area contributed by atoms with Gasteiger partial charge in [-0.3, -0.25) is 0 Å². The molecule has 2 aromatic carbocycles. The van der Waals surface area contributed by atoms with Gasteiger partial charge in [-0.25, -0.2) is 0 Å². The van der Waals surface area contributed by atoms with Gasteiger partial charge in [0.1, 0.15) is 5.75 Å². The van der Waals surface area contributed by atoms with Crippen LogP contribution < -0.4 is 5.30 Å². The second-order valence-electron chi connectivity index (χ2n) is 11.9. The van der Waals surface area contributed by atoms with Gasteiger partial charge in [-0.1, -0.05) is 109 Å². The predicted octanol–water partition coefficient (Wildman–Crippen LogP) is 9.13. The third kappa shape index (κ3) is 5.73. The van der Waals surface area contributed by atoms with Crippen LogP contribution in [-0.2, 0) is 0 Å². The summed E-state index contributed by atoms with van der Waals surface area (Å²) in [7, 11) is -0.542. The summed E-state index contributed by atoms with van der Waals surface area (Å²) in [5.74, 6) is 1.74. The van der Waals surface area contributed by atoms with E-state index >= 15 is 0 Å². The number of rotatable bonds is 5. The van der Waals surface area contributed by atoms with Crippen molar-refractivity contribution >= 4 is 13.2 Å². The summed E-state index contributed by atoms with van der Waals surface area (Å²) in [5, 5.41) is 12.1. The van der Waals surface area contributed by atoms with Crippen LogP contribution in [0.25, 0.3) is 11.1 Å². The van der Waals surface area contributed by atoms with E-state index in [1.54, 1.807) is 0 Å². The number of hydrogen-bond acceptors (Lipinski definition) is 1. The Labute approximate surface area is 193 Å². The van der Waals surface area contributed by atoms with Gasteiger partial charge < -0.3 is 5.11 Å². The van der Waals surface area contributed by atoms with Crippen LogP contribution in [0.4, 0.5) is 0 Å². The molecule has 0 unspecified atom stereocenters. The monoisotopic (exact) mass is 440 g/mol. The zero-order chi connectivity index (χ0) is 23.9. The molecular formula is C29H45OP. The average Bonchev–Trinajstić information content (AvgIpc) is 2.58. The van der Waals surface area contributed by atoms with Crippen molar-refractivity contribution in [2.24, 2.45) is 0 Å². The topological polar surface area (TPSA) is 20.2 Å². The maximum atomic E-state index is 10.5. The molecule has 0 atom stereocenters. The van der Waals surface area contributed by atoms with E-state index in [9.17, 15) is 5.11 Å². The van der Waals surface area contributed by atoms with E-state index in [1.807, 2.05) is 6.07 Å². The largest absolute Gasteiger partial charge is 0.508 e. The molecule has 0 heterocycles. The molecule has 0 bridgehead atoms. The lowest BCUT2D eigenvalue weighted by molar-refractivity contribution is 0.476. The summed E-state index contributed by atoms with van der Waals surface area (Å²) < 4.78 is 0. The molecule has 31 heavy (non-hydrogen) atoms. The molecule has 0 amide bonds. The Bertz CT molecular complexity index is 864. The van der Waals surface area contributed by atoms with Crippen molar-refractivity contribution in [2.75, 3.05) is 0 Å². The molecule has 2 rings (SSSR count). The highest BCUT2D eigenvalue weighted by Crippen LogP contribution is 2.60. The van der Waals surface area contributed by atoms with E-state index in [0.29, 0.717) is 23.5 Å². The standard InChI is InChI=1S/C29H45OP/c1-18(2)21-15-24(19(3)4)27(25(16-21)20(5)6)23-14-13-22(30)17-26(23)31(28(7,8)9)29(10,11)12/h13-20,30H,1-12H3. The Morgan fingerprint density at radius 3 is 1.48 bits per heavy atom. The first-order valence-corrected chi connectivity index (χ1v) is 13.2. The second-order valence-corrected chi connectivity index (χ2v) is 15.8. The highest BCUT2D eigenvalue weighted by atomic mass is 31.1. The Morgan fingerprint density at radius 1 is 0.677 bits per heavy atom. The van der Waals surface area contributed by atoms with Crippen LogP contribution in [0.1, 0.15) is 118 Å². The Morgan fingerprint density at radius 2 is 1.13 bits per heavy atom. The molecule has 0 radical (unpaired) electrons. The molecule has 0 aliphatic rings. The van der Waals surface area contributed by atoms with Crippen molar-refractivity contribution in [3.63, 3.8) is 0 Å². The summed E-state index contributed by atoms with van der Waals surface area (Å²) in [6.45, 7) is 27.9. The zero-order valence-electron chi connectivity index (χ0n) is 22.0. The van der Waals surface area contributed by atoms with Gasteiger partial charge in [0.2, 0.25) is 0 Å². The van der Waals surface area contributed by atoms with Crippen LogP contribution in [0.2, 0.25) is 0 Å². The minimum absolute atomic E-state index is 0.129. The van der Waals surface area contributed by atoms with Crippen LogP contribution in [0.3, 0.4) is 0 Å². The van der Waals surface area contributed by atoms with Crippen molar-refractivity contribution in [3.05, 3.63) is 47.0 Å². The lowest BCUT2D eigenvalue weighted by Crippen LogP contribution is -2.32. The van der Waals surface area contributed by atoms with E-state index in [2.05, 4.69) is 107 Å². The fraction of sp³-hybridized carbons (Fsp3) is 0.586. The highest BCUT2D eigenvalue weighted by molar-refractivity contribution is 7.68. The predicted molar refractivity (Wildman–Crippen MR) is 142 cm³/mol. The first-order valence-electron chi connectivity index (χ1n) is 11.9. The van der Waals surface area contributed by atoms with Crippen molar-refractivity contribution in [1.29, 1.82) is 0 Å². The first kappa shape index (κ1) is 25.9. The minimum atomic E-state index is -0.542. The maximum Gasteiger partial charge on any atom is 0.116 e. The van der Waals surface area contributed by atoms with E-state index in [0.717, 1.165) is 0 Å². The van der Waals surface area contributed by atoms with Crippen LogP contribution in [0.5, 0.6) is 5.75 Å². The Balaban J connectivity index is 3.02. The quantitative estimate of drug-likeness (QED) is 0.460. The van der Waals surface area contributed by atoms with Crippen LogP contribution in [-0.4, -0.2) is 15.4 Å². The first-order chi connectivity index (χ1) is 14.1. The smallest absolute Gasteiger partial charge is 0.116 e. The summed E-state index contributed by atoms with van der Waals surface area (Å²) in [4.78, 5) is 0. The van der Waals surface area contributed by atoms with Crippen LogP contribution in [0, 0.1) is 0 Å². The van der Waals surface area contributed by atoms with Crippen molar-refractivity contribution in [1.82, 2.24) is 0 Å². The molecule has 0 spiro atoms. The average molecular weight is 441 g/mol. The highest BCUT2D eigenvalue weighted by Gasteiger charge is 2.38. The second kappa shape index (κ2) is 9.27. The lowest BCUT2D eigenvalue weighted by Gasteiger charge is -2.43. The van der Waals surface area contributed by atoms with Gasteiger partial charge in [0, 0.05) is 0 Å². The van der Waals surface area contributed by atoms with E-state index in [4.69, 9.17) is 0 Å². The number of phenols is 1. The summed E-state index contributed by atoms with van der Waals surface area (Å²) >= 11 is 0. The summed E-state index contributed by atoms with van der Waals surface area (Å²) in [5.41, 5.74) is 6.99. The Hall–Kier alpha value is -1.33. The van der Waals surface area contributed by atoms with Gasteiger partial charge in [0.05, 0.1) is 0 Å². The summed E-state index contributed by atoms with van der Waals surface area (Å²) in [6.07, 6.45) is 0. The van der Waals surface area contributed by atoms with Crippen molar-refractivity contribution in [2.45, 2.75) is 111 Å². The van der Waals surface area contributed by atoms with E-state index in [1.165, 1.54) is 33.1 Å². The van der Waals surface area contributed by atoms with Crippen molar-refractivity contribution < 1.29 is 5.11 Å². The third-order valence-corrected chi connectivity index (χ3v) is 9.50. The number of hydrogen-bond donors (Lipinski definition) is 1. The number of aromatic hydroxyl groups is 1. The van der Waals surface area contributed by atoms with Gasteiger partial charge in [-0.05, 0) is 73.3 Å². The van der Waals surface area contributed by atoms with Gasteiger partial charge in [0.25, 0.3) is 0 Å². The van der Waals surface area contributed by atoms with Crippen LogP contribution >= 0.6 is 7.92 Å². The number of phenolic OH excluding ortho intramolecular Hbond substituents is 1. The molecule has 172 valence electrons. The summed E-state index contributed by atoms with van der Waals surface area (Å²) in [6, 6.07) is 11.0. The molecule has 1 N–H and O–H groups in total. The number of benzene rings is 2. The normalized spacial score (nSPS) is 13.2. The Kier molecular flexibility index (Phi) is 7.75. The van der Waals surface area contributed by atoms with Gasteiger partial charge in [0.15, 0.2) is 0 Å². The van der Waals surface area contributed by atoms with Crippen LogP contribution in [0.15, 0.2) is 30.3 Å². The van der Waals surface area contributed by atoms with Gasteiger partial charge >= 0.3 is 0 Å². The SMILES string of the molecule is CC(C)c1cc(C(C)C)c(-c2ccc(O)cc2P(C(C)(C)C)C(C)(C)C)c(C(C)C)c1. The minimum Gasteiger partial charge on any atom is -0.508 e. The lowest BCUT2D eigenvalue weighted by atomic mass is 9.82. The third-order valence-electron chi connectivity index (χ3n) is 5.97. The fourth-order valence-electron chi connectivity index (χ4n) is 4.91. The molecule has 0 aliphatic heterocycles. The molecule has 0 saturated carbocycles. The molecule has 2 aromatic rings. The van der Waals surface area contributed by atoms with Gasteiger partial charge in [-0.15, -0.1) is 0 Å². The molecular weight excluding hydrogens is 395 g/mol. The molecule has 0 saturated heterocycles. The zero-order valence-corrected chi connectivity index (χ0v) is 22.9. The molecule has 1 nitrogen and oxygen atoms in total. The van der Waals surface area contributed by atoms with E-state index < -0.39 is 7.92 Å². The molecule has 0 aromatic heterocycles.